The number of benzene rings is 1. The topological polar surface area (TPSA) is 75.7 Å². The molecule has 1 rings (SSSR count). The molecular formula is C15H24N2O4S. The van der Waals surface area contributed by atoms with Crippen LogP contribution < -0.4 is 10.1 Å². The van der Waals surface area contributed by atoms with E-state index in [0.717, 1.165) is 12.8 Å². The second-order valence-electron chi connectivity index (χ2n) is 5.00. The van der Waals surface area contributed by atoms with E-state index in [0.29, 0.717) is 17.9 Å². The number of unbranched alkanes of at least 4 members (excludes halogenated alkanes) is 1. The van der Waals surface area contributed by atoms with Gasteiger partial charge >= 0.3 is 0 Å². The van der Waals surface area contributed by atoms with Gasteiger partial charge in [-0.05, 0) is 24.6 Å². The molecule has 0 atom stereocenters. The third-order valence-electron chi connectivity index (χ3n) is 3.21. The van der Waals surface area contributed by atoms with Crippen molar-refractivity contribution >= 4 is 15.9 Å². The van der Waals surface area contributed by atoms with E-state index in [9.17, 15) is 13.2 Å². The van der Waals surface area contributed by atoms with Gasteiger partial charge in [0.1, 0.15) is 5.75 Å². The number of carbonyl (C=O) groups excluding carboxylic acids is 1. The Balaban J connectivity index is 2.55. The van der Waals surface area contributed by atoms with E-state index in [1.54, 1.807) is 24.3 Å². The fourth-order valence-electron chi connectivity index (χ4n) is 1.94. The number of nitrogens with one attached hydrogen (secondary N) is 1. The molecule has 124 valence electrons. The largest absolute Gasteiger partial charge is 0.497 e. The summed E-state index contributed by atoms with van der Waals surface area (Å²) in [5.74, 6) is 0.358. The molecule has 1 aromatic rings. The fourth-order valence-corrected chi connectivity index (χ4v) is 2.82. The summed E-state index contributed by atoms with van der Waals surface area (Å²) in [5.41, 5.74) is 0.485. The molecule has 0 unspecified atom stereocenters. The van der Waals surface area contributed by atoms with Crippen molar-refractivity contribution in [2.75, 3.05) is 33.0 Å². The lowest BCUT2D eigenvalue weighted by Crippen LogP contribution is -2.38. The number of carbonyl (C=O) groups is 1. The Morgan fingerprint density at radius 1 is 1.32 bits per heavy atom. The van der Waals surface area contributed by atoms with E-state index in [4.69, 9.17) is 4.74 Å². The predicted molar refractivity (Wildman–Crippen MR) is 86.7 cm³/mol. The van der Waals surface area contributed by atoms with Gasteiger partial charge in [-0.25, -0.2) is 12.7 Å². The minimum atomic E-state index is -3.25. The van der Waals surface area contributed by atoms with Gasteiger partial charge in [-0.2, -0.15) is 0 Å². The second-order valence-corrected chi connectivity index (χ2v) is 6.99. The van der Waals surface area contributed by atoms with Crippen LogP contribution in [-0.4, -0.2) is 51.6 Å². The lowest BCUT2D eigenvalue weighted by atomic mass is 10.2. The zero-order valence-corrected chi connectivity index (χ0v) is 14.1. The molecular weight excluding hydrogens is 304 g/mol. The predicted octanol–water partition coefficient (Wildman–Crippen LogP) is 1.49. The molecule has 22 heavy (non-hydrogen) atoms. The first kappa shape index (κ1) is 18.4. The van der Waals surface area contributed by atoms with Crippen molar-refractivity contribution in [3.63, 3.8) is 0 Å². The first-order valence-electron chi connectivity index (χ1n) is 7.26. The Morgan fingerprint density at radius 2 is 2.05 bits per heavy atom. The standard InChI is InChI=1S/C15H24N2O4S/c1-4-5-10-17(22(3,19)20)11-9-16-15(18)13-7-6-8-14(12-13)21-2/h6-8,12H,4-5,9-11H2,1-3H3,(H,16,18). The van der Waals surface area contributed by atoms with Crippen LogP contribution in [0.25, 0.3) is 0 Å². The maximum absolute atomic E-state index is 12.0. The van der Waals surface area contributed by atoms with Crippen LogP contribution in [0.5, 0.6) is 5.75 Å². The van der Waals surface area contributed by atoms with Gasteiger partial charge in [-0.1, -0.05) is 19.4 Å². The number of hydrogen-bond acceptors (Lipinski definition) is 4. The lowest BCUT2D eigenvalue weighted by Gasteiger charge is -2.19. The molecule has 1 N–H and O–H groups in total. The molecule has 0 bridgehead atoms. The number of hydrogen-bond donors (Lipinski definition) is 1. The third kappa shape index (κ3) is 6.03. The minimum absolute atomic E-state index is 0.247. The first-order chi connectivity index (χ1) is 10.4. The van der Waals surface area contributed by atoms with E-state index in [1.165, 1.54) is 17.7 Å². The van der Waals surface area contributed by atoms with E-state index in [-0.39, 0.29) is 19.0 Å². The minimum Gasteiger partial charge on any atom is -0.497 e. The first-order valence-corrected chi connectivity index (χ1v) is 9.10. The van der Waals surface area contributed by atoms with E-state index in [1.807, 2.05) is 6.92 Å². The second kappa shape index (κ2) is 8.75. The molecule has 0 saturated carbocycles. The maximum atomic E-state index is 12.0. The molecule has 6 nitrogen and oxygen atoms in total. The lowest BCUT2D eigenvalue weighted by molar-refractivity contribution is 0.0951. The fraction of sp³-hybridized carbons (Fsp3) is 0.533. The van der Waals surface area contributed by atoms with Crippen molar-refractivity contribution < 1.29 is 17.9 Å². The molecule has 0 aromatic heterocycles. The van der Waals surface area contributed by atoms with Crippen LogP contribution in [0.4, 0.5) is 0 Å². The van der Waals surface area contributed by atoms with Gasteiger partial charge in [0.05, 0.1) is 13.4 Å². The highest BCUT2D eigenvalue weighted by molar-refractivity contribution is 7.88. The van der Waals surface area contributed by atoms with Gasteiger partial charge in [0.25, 0.3) is 5.91 Å². The Morgan fingerprint density at radius 3 is 2.64 bits per heavy atom. The SMILES string of the molecule is CCCCN(CCNC(=O)c1cccc(OC)c1)S(C)(=O)=O. The molecule has 0 aliphatic carbocycles. The van der Waals surface area contributed by atoms with Crippen LogP contribution >= 0.6 is 0 Å². The quantitative estimate of drug-likeness (QED) is 0.745. The maximum Gasteiger partial charge on any atom is 0.251 e. The summed E-state index contributed by atoms with van der Waals surface area (Å²) in [6.07, 6.45) is 2.91. The van der Waals surface area contributed by atoms with Crippen LogP contribution in [0.15, 0.2) is 24.3 Å². The highest BCUT2D eigenvalue weighted by Gasteiger charge is 2.16. The van der Waals surface area contributed by atoms with Crippen molar-refractivity contribution in [2.45, 2.75) is 19.8 Å². The van der Waals surface area contributed by atoms with Crippen molar-refractivity contribution in [3.8, 4) is 5.75 Å². The normalized spacial score (nSPS) is 11.5. The average Bonchev–Trinajstić information content (AvgIpc) is 2.49. The Bertz CT molecular complexity index is 587. The summed E-state index contributed by atoms with van der Waals surface area (Å²) in [5, 5.41) is 2.73. The van der Waals surface area contributed by atoms with Crippen LogP contribution in [0.1, 0.15) is 30.1 Å². The van der Waals surface area contributed by atoms with Crippen LogP contribution in [0, 0.1) is 0 Å². The highest BCUT2D eigenvalue weighted by Crippen LogP contribution is 2.12. The Labute approximate surface area is 132 Å². The summed E-state index contributed by atoms with van der Waals surface area (Å²) in [7, 11) is -1.71. The molecule has 0 saturated heterocycles. The highest BCUT2D eigenvalue weighted by atomic mass is 32.2. The van der Waals surface area contributed by atoms with Crippen LogP contribution in [0.3, 0.4) is 0 Å². The average molecular weight is 328 g/mol. The van der Waals surface area contributed by atoms with E-state index >= 15 is 0 Å². The summed E-state index contributed by atoms with van der Waals surface area (Å²) < 4.78 is 29.8. The smallest absolute Gasteiger partial charge is 0.251 e. The molecule has 0 aliphatic heterocycles. The summed E-state index contributed by atoms with van der Waals surface area (Å²) >= 11 is 0. The van der Waals surface area contributed by atoms with Crippen molar-refractivity contribution in [1.82, 2.24) is 9.62 Å². The van der Waals surface area contributed by atoms with Crippen LogP contribution in [0.2, 0.25) is 0 Å². The summed E-state index contributed by atoms with van der Waals surface area (Å²) in [4.78, 5) is 12.0. The monoisotopic (exact) mass is 328 g/mol. The number of nitrogens with zero attached hydrogens (tertiary/aromatic N) is 1. The molecule has 0 fully saturated rings. The number of amides is 1. The Kier molecular flexibility index (Phi) is 7.34. The number of ether oxygens (including phenoxy) is 1. The molecule has 0 spiro atoms. The zero-order chi connectivity index (χ0) is 16.6. The van der Waals surface area contributed by atoms with Gasteiger partial charge in [-0.15, -0.1) is 0 Å². The molecule has 0 radical (unpaired) electrons. The van der Waals surface area contributed by atoms with Gasteiger partial charge < -0.3 is 10.1 Å². The number of methoxy groups -OCH3 is 1. The molecule has 1 aromatic carbocycles. The number of rotatable bonds is 9. The molecule has 1 amide bonds. The zero-order valence-electron chi connectivity index (χ0n) is 13.3. The summed E-state index contributed by atoms with van der Waals surface area (Å²) in [6, 6.07) is 6.81. The van der Waals surface area contributed by atoms with Crippen molar-refractivity contribution in [2.24, 2.45) is 0 Å². The van der Waals surface area contributed by atoms with E-state index in [2.05, 4.69) is 5.32 Å². The van der Waals surface area contributed by atoms with Gasteiger partial charge in [0.15, 0.2) is 0 Å². The van der Waals surface area contributed by atoms with Crippen LogP contribution in [-0.2, 0) is 10.0 Å². The van der Waals surface area contributed by atoms with Gasteiger partial charge in [0, 0.05) is 25.2 Å². The molecule has 0 heterocycles. The molecule has 0 aliphatic rings. The Hall–Kier alpha value is -1.60. The molecule has 7 heteroatoms. The summed E-state index contributed by atoms with van der Waals surface area (Å²) in [6.45, 7) is 3.02. The number of sulfonamides is 1. The van der Waals surface area contributed by atoms with Crippen molar-refractivity contribution in [3.05, 3.63) is 29.8 Å². The third-order valence-corrected chi connectivity index (χ3v) is 4.51. The van der Waals surface area contributed by atoms with Gasteiger partial charge in [-0.3, -0.25) is 4.79 Å². The van der Waals surface area contributed by atoms with Crippen molar-refractivity contribution in [1.29, 1.82) is 0 Å². The van der Waals surface area contributed by atoms with E-state index < -0.39 is 10.0 Å². The van der Waals surface area contributed by atoms with Gasteiger partial charge in [0.2, 0.25) is 10.0 Å².